The summed E-state index contributed by atoms with van der Waals surface area (Å²) in [6.07, 6.45) is 2.94. The van der Waals surface area contributed by atoms with Gasteiger partial charge in [-0.05, 0) is 37.3 Å². The molecule has 5 nitrogen and oxygen atoms in total. The molecule has 2 rings (SSSR count). The van der Waals surface area contributed by atoms with E-state index in [9.17, 15) is 4.79 Å². The number of nitrogens with two attached hydrogens (primary N) is 1. The van der Waals surface area contributed by atoms with Crippen molar-refractivity contribution in [2.24, 2.45) is 5.92 Å². The molecule has 1 saturated heterocycles. The van der Waals surface area contributed by atoms with Gasteiger partial charge < -0.3 is 20.8 Å². The lowest BCUT2D eigenvalue weighted by Crippen LogP contribution is -2.36. The summed E-state index contributed by atoms with van der Waals surface area (Å²) in [5, 5.41) is 18.1. The Bertz CT molecular complexity index is 460. The Morgan fingerprint density at radius 1 is 1.47 bits per heavy atom. The molecule has 1 atom stereocenters. The van der Waals surface area contributed by atoms with Gasteiger partial charge in [-0.3, -0.25) is 0 Å². The van der Waals surface area contributed by atoms with Crippen molar-refractivity contribution >= 4 is 17.3 Å². The lowest BCUT2D eigenvalue weighted by Gasteiger charge is -2.35. The summed E-state index contributed by atoms with van der Waals surface area (Å²) >= 11 is 0. The van der Waals surface area contributed by atoms with Crippen molar-refractivity contribution in [3.63, 3.8) is 0 Å². The number of hydrogen-bond donors (Lipinski definition) is 3. The van der Waals surface area contributed by atoms with Crippen LogP contribution in [0.5, 0.6) is 0 Å². The largest absolute Gasteiger partial charge is 0.478 e. The highest BCUT2D eigenvalue weighted by Crippen LogP contribution is 2.31. The number of piperidine rings is 1. The summed E-state index contributed by atoms with van der Waals surface area (Å²) in [5.41, 5.74) is 7.24. The van der Waals surface area contributed by atoms with Crippen molar-refractivity contribution in [3.8, 4) is 0 Å². The van der Waals surface area contributed by atoms with Crippen molar-refractivity contribution in [3.05, 3.63) is 23.8 Å². The molecule has 1 aliphatic heterocycles. The first-order chi connectivity index (χ1) is 9.13. The number of aliphatic hydroxyl groups is 1. The molecular formula is C14H20N2O3. The maximum atomic E-state index is 11.1. The second-order valence-electron chi connectivity index (χ2n) is 5.01. The van der Waals surface area contributed by atoms with Crippen molar-refractivity contribution in [1.29, 1.82) is 0 Å². The van der Waals surface area contributed by atoms with E-state index in [-0.39, 0.29) is 12.2 Å². The Hall–Kier alpha value is -1.75. The molecule has 0 aromatic heterocycles. The molecule has 0 spiro atoms. The molecule has 19 heavy (non-hydrogen) atoms. The Balaban J connectivity index is 2.21. The third kappa shape index (κ3) is 2.98. The minimum absolute atomic E-state index is 0.154. The molecule has 1 heterocycles. The third-order valence-electron chi connectivity index (χ3n) is 3.71. The maximum absolute atomic E-state index is 11.1. The van der Waals surface area contributed by atoms with E-state index in [1.54, 1.807) is 6.07 Å². The van der Waals surface area contributed by atoms with Crippen LogP contribution in [-0.2, 0) is 0 Å². The predicted molar refractivity (Wildman–Crippen MR) is 74.5 cm³/mol. The third-order valence-corrected chi connectivity index (χ3v) is 3.71. The van der Waals surface area contributed by atoms with Crippen LogP contribution in [0, 0.1) is 5.92 Å². The molecule has 1 aromatic rings. The predicted octanol–water partition coefficient (Wildman–Crippen LogP) is 1.57. The first-order valence-corrected chi connectivity index (χ1v) is 6.61. The number of nitrogens with zero attached hydrogens (tertiary/aromatic N) is 1. The highest BCUT2D eigenvalue weighted by molar-refractivity contribution is 5.97. The topological polar surface area (TPSA) is 86.8 Å². The van der Waals surface area contributed by atoms with Crippen LogP contribution in [0.3, 0.4) is 0 Å². The van der Waals surface area contributed by atoms with Crippen LogP contribution in [-0.4, -0.2) is 35.9 Å². The molecule has 1 unspecified atom stereocenters. The second-order valence-corrected chi connectivity index (χ2v) is 5.01. The van der Waals surface area contributed by atoms with Crippen LogP contribution >= 0.6 is 0 Å². The fourth-order valence-corrected chi connectivity index (χ4v) is 2.72. The van der Waals surface area contributed by atoms with Gasteiger partial charge in [0.2, 0.25) is 0 Å². The van der Waals surface area contributed by atoms with Crippen LogP contribution in [0.1, 0.15) is 29.6 Å². The monoisotopic (exact) mass is 264 g/mol. The zero-order chi connectivity index (χ0) is 13.8. The lowest BCUT2D eigenvalue weighted by molar-refractivity contribution is 0.0698. The van der Waals surface area contributed by atoms with Gasteiger partial charge in [0, 0.05) is 19.7 Å². The summed E-state index contributed by atoms with van der Waals surface area (Å²) in [4.78, 5) is 13.2. The molecule has 5 heteroatoms. The summed E-state index contributed by atoms with van der Waals surface area (Å²) in [5.74, 6) is -0.546. The maximum Gasteiger partial charge on any atom is 0.337 e. The summed E-state index contributed by atoms with van der Waals surface area (Å²) in [6, 6.07) is 5.12. The molecule has 0 aliphatic carbocycles. The zero-order valence-corrected chi connectivity index (χ0v) is 10.9. The number of aliphatic hydroxyl groups excluding tert-OH is 1. The van der Waals surface area contributed by atoms with E-state index >= 15 is 0 Å². The van der Waals surface area contributed by atoms with Crippen LogP contribution in [0.25, 0.3) is 0 Å². The summed E-state index contributed by atoms with van der Waals surface area (Å²) < 4.78 is 0. The molecule has 104 valence electrons. The molecule has 0 amide bonds. The average Bonchev–Trinajstić information content (AvgIpc) is 2.39. The number of hydrogen-bond acceptors (Lipinski definition) is 4. The Labute approximate surface area is 112 Å². The first kappa shape index (κ1) is 13.7. The van der Waals surface area contributed by atoms with E-state index < -0.39 is 5.97 Å². The van der Waals surface area contributed by atoms with Gasteiger partial charge in [0.15, 0.2) is 0 Å². The lowest BCUT2D eigenvalue weighted by atomic mass is 9.94. The smallest absolute Gasteiger partial charge is 0.337 e. The number of rotatable bonds is 4. The number of aromatic carboxylic acids is 1. The van der Waals surface area contributed by atoms with Gasteiger partial charge in [-0.15, -0.1) is 0 Å². The number of carbonyl (C=O) groups is 1. The Morgan fingerprint density at radius 2 is 2.26 bits per heavy atom. The van der Waals surface area contributed by atoms with Gasteiger partial charge in [0.25, 0.3) is 0 Å². The minimum atomic E-state index is -0.997. The van der Waals surface area contributed by atoms with E-state index in [1.165, 1.54) is 6.07 Å². The van der Waals surface area contributed by atoms with E-state index in [4.69, 9.17) is 15.9 Å². The van der Waals surface area contributed by atoms with Crippen molar-refractivity contribution in [2.75, 3.05) is 30.3 Å². The van der Waals surface area contributed by atoms with E-state index in [0.29, 0.717) is 11.6 Å². The van der Waals surface area contributed by atoms with E-state index in [2.05, 4.69) is 4.90 Å². The van der Waals surface area contributed by atoms with Crippen molar-refractivity contribution in [1.82, 2.24) is 0 Å². The van der Waals surface area contributed by atoms with Gasteiger partial charge in [-0.1, -0.05) is 6.07 Å². The fourth-order valence-electron chi connectivity index (χ4n) is 2.72. The molecule has 1 aliphatic rings. The zero-order valence-electron chi connectivity index (χ0n) is 10.9. The minimum Gasteiger partial charge on any atom is -0.478 e. The van der Waals surface area contributed by atoms with Crippen LogP contribution in [0.2, 0.25) is 0 Å². The number of carboxylic acid groups (broad SMARTS) is 1. The van der Waals surface area contributed by atoms with E-state index in [1.807, 2.05) is 6.07 Å². The average molecular weight is 264 g/mol. The molecule has 0 bridgehead atoms. The van der Waals surface area contributed by atoms with Crippen LogP contribution in [0.15, 0.2) is 18.2 Å². The standard InChI is InChI=1S/C14H20N2O3/c15-13-11(14(18)19)4-1-5-12(13)16-7-2-3-10(9-16)6-8-17/h1,4-5,10,17H,2-3,6-9,15H2,(H,18,19). The van der Waals surface area contributed by atoms with Gasteiger partial charge in [0.1, 0.15) is 0 Å². The molecule has 1 fully saturated rings. The summed E-state index contributed by atoms with van der Waals surface area (Å²) in [6.45, 7) is 1.91. The van der Waals surface area contributed by atoms with Gasteiger partial charge in [0.05, 0.1) is 16.9 Å². The Morgan fingerprint density at radius 3 is 2.95 bits per heavy atom. The van der Waals surface area contributed by atoms with Gasteiger partial charge in [-0.2, -0.15) is 0 Å². The van der Waals surface area contributed by atoms with Gasteiger partial charge in [-0.25, -0.2) is 4.79 Å². The number of benzene rings is 1. The second kappa shape index (κ2) is 5.93. The fraction of sp³-hybridized carbons (Fsp3) is 0.500. The van der Waals surface area contributed by atoms with Crippen LogP contribution < -0.4 is 10.6 Å². The molecule has 0 saturated carbocycles. The first-order valence-electron chi connectivity index (χ1n) is 6.61. The molecular weight excluding hydrogens is 244 g/mol. The normalized spacial score (nSPS) is 19.4. The highest BCUT2D eigenvalue weighted by Gasteiger charge is 2.22. The molecule has 4 N–H and O–H groups in total. The quantitative estimate of drug-likeness (QED) is 0.718. The van der Waals surface area contributed by atoms with Crippen LogP contribution in [0.4, 0.5) is 11.4 Å². The van der Waals surface area contributed by atoms with Crippen molar-refractivity contribution < 1.29 is 15.0 Å². The Kier molecular flexibility index (Phi) is 4.27. The highest BCUT2D eigenvalue weighted by atomic mass is 16.4. The SMILES string of the molecule is Nc1c(C(=O)O)cccc1N1CCCC(CCO)C1. The van der Waals surface area contributed by atoms with Crippen molar-refractivity contribution in [2.45, 2.75) is 19.3 Å². The number of anilines is 2. The number of carboxylic acids is 1. The van der Waals surface area contributed by atoms with E-state index in [0.717, 1.165) is 38.0 Å². The molecule has 0 radical (unpaired) electrons. The summed E-state index contributed by atoms with van der Waals surface area (Å²) in [7, 11) is 0. The van der Waals surface area contributed by atoms with Gasteiger partial charge >= 0.3 is 5.97 Å². The number of para-hydroxylation sites is 1. The molecule has 1 aromatic carbocycles. The number of nitrogen functional groups attached to an aromatic ring is 1.